The summed E-state index contributed by atoms with van der Waals surface area (Å²) in [5, 5.41) is 12.8. The Balaban J connectivity index is 0.975. The highest BCUT2D eigenvalue weighted by atomic mass is 19.4. The molecule has 3 atom stereocenters. The number of rotatable bonds is 7. The van der Waals surface area contributed by atoms with Crippen molar-refractivity contribution in [3.05, 3.63) is 35.9 Å². The third-order valence-electron chi connectivity index (χ3n) is 8.13. The zero-order valence-electron chi connectivity index (χ0n) is 20.6. The summed E-state index contributed by atoms with van der Waals surface area (Å²) >= 11 is 0. The minimum Gasteiger partial charge on any atom is -0.441 e. The number of likely N-dealkylation sites (tertiary alicyclic amines) is 1. The van der Waals surface area contributed by atoms with Gasteiger partial charge in [-0.25, -0.2) is 19.2 Å². The van der Waals surface area contributed by atoms with Crippen molar-refractivity contribution in [2.45, 2.75) is 55.9 Å². The molecule has 2 bridgehead atoms. The van der Waals surface area contributed by atoms with E-state index in [1.807, 2.05) is 0 Å². The predicted octanol–water partition coefficient (Wildman–Crippen LogP) is 3.25. The van der Waals surface area contributed by atoms with E-state index in [0.717, 1.165) is 19.3 Å². The predicted molar refractivity (Wildman–Crippen MR) is 127 cm³/mol. The molecule has 8 rings (SSSR count). The van der Waals surface area contributed by atoms with Crippen molar-refractivity contribution in [1.82, 2.24) is 34.8 Å². The van der Waals surface area contributed by atoms with Gasteiger partial charge in [0.05, 0.1) is 23.9 Å². The lowest BCUT2D eigenvalue weighted by Crippen LogP contribution is -2.68. The maximum atomic E-state index is 15.1. The standard InChI is InChI=1S/C24H26F4N8O3/c25-19-16(39-22(37)32-23-4-12(5-23)6-23)11-38-20(19)15-3-17(34-33-15)31-21-29-2-1-18-30-14(10-36(18)21)9-35-7-13(8-35)24(26,27)28/h1-3,10,12-13,16,19-20H,4-9,11H2,(H,32,37)(H2,29,31,33,34)/t12?,16-,19-,20-,23?/m1/s1. The third kappa shape index (κ3) is 4.46. The van der Waals surface area contributed by atoms with Crippen molar-refractivity contribution in [2.75, 3.05) is 25.0 Å². The molecule has 208 valence electrons. The number of halogens is 4. The molecule has 0 spiro atoms. The van der Waals surface area contributed by atoms with Crippen molar-refractivity contribution in [1.29, 1.82) is 0 Å². The molecule has 3 N–H and O–H groups in total. The SMILES string of the molecule is O=C(NC12CC(C1)C2)O[C@@H]1CO[C@H](c2cc(Nc3nccc4nc(CN5CC(C(F)(F)F)C5)cn34)n[nH]2)[C@@H]1F. The first-order chi connectivity index (χ1) is 18.6. The third-order valence-corrected chi connectivity index (χ3v) is 8.13. The molecule has 0 aromatic carbocycles. The topological polar surface area (TPSA) is 122 Å². The molecule has 5 heterocycles. The smallest absolute Gasteiger partial charge is 0.408 e. The number of H-pyrrole nitrogens is 1. The molecule has 2 aliphatic heterocycles. The maximum absolute atomic E-state index is 15.1. The van der Waals surface area contributed by atoms with Crippen LogP contribution in [0.1, 0.15) is 36.8 Å². The number of anilines is 2. The van der Waals surface area contributed by atoms with Gasteiger partial charge in [0, 0.05) is 43.6 Å². The highest BCUT2D eigenvalue weighted by Crippen LogP contribution is 2.57. The number of amides is 1. The number of alkyl halides is 4. The molecule has 0 unspecified atom stereocenters. The van der Waals surface area contributed by atoms with Crippen molar-refractivity contribution >= 4 is 23.5 Å². The van der Waals surface area contributed by atoms with Crippen LogP contribution in [0.25, 0.3) is 5.65 Å². The number of nitrogens with one attached hydrogen (secondary N) is 3. The minimum absolute atomic E-state index is 0.0483. The van der Waals surface area contributed by atoms with Crippen molar-refractivity contribution in [2.24, 2.45) is 11.8 Å². The van der Waals surface area contributed by atoms with Gasteiger partial charge in [0.2, 0.25) is 5.95 Å². The summed E-state index contributed by atoms with van der Waals surface area (Å²) in [5.41, 5.74) is 1.38. The van der Waals surface area contributed by atoms with Gasteiger partial charge in [-0.1, -0.05) is 0 Å². The Morgan fingerprint density at radius 1 is 1.28 bits per heavy atom. The number of fused-ring (bicyclic) bond motifs is 1. The van der Waals surface area contributed by atoms with E-state index in [2.05, 4.69) is 30.8 Å². The average molecular weight is 551 g/mol. The van der Waals surface area contributed by atoms with E-state index >= 15 is 4.39 Å². The number of hydrogen-bond donors (Lipinski definition) is 3. The zero-order chi connectivity index (χ0) is 26.9. The van der Waals surface area contributed by atoms with E-state index in [4.69, 9.17) is 9.47 Å². The van der Waals surface area contributed by atoms with Gasteiger partial charge < -0.3 is 20.1 Å². The number of carbonyl (C=O) groups excluding carboxylic acids is 1. The van der Waals surface area contributed by atoms with E-state index in [-0.39, 0.29) is 25.2 Å². The van der Waals surface area contributed by atoms with Crippen molar-refractivity contribution in [3.8, 4) is 0 Å². The quantitative estimate of drug-likeness (QED) is 0.384. The van der Waals surface area contributed by atoms with Crippen molar-refractivity contribution < 1.29 is 31.8 Å². The van der Waals surface area contributed by atoms with Gasteiger partial charge in [-0.15, -0.1) is 0 Å². The van der Waals surface area contributed by atoms with E-state index in [9.17, 15) is 18.0 Å². The van der Waals surface area contributed by atoms with Crippen LogP contribution in [0.5, 0.6) is 0 Å². The van der Waals surface area contributed by atoms with Crippen LogP contribution >= 0.6 is 0 Å². The van der Waals surface area contributed by atoms with Gasteiger partial charge in [0.25, 0.3) is 0 Å². The summed E-state index contributed by atoms with van der Waals surface area (Å²) in [6.45, 7) is 0.122. The number of nitrogens with zero attached hydrogens (tertiary/aromatic N) is 5. The lowest BCUT2D eigenvalue weighted by atomic mass is 9.50. The van der Waals surface area contributed by atoms with Gasteiger partial charge in [0.15, 0.2) is 18.1 Å². The number of ether oxygens (including phenoxy) is 2. The van der Waals surface area contributed by atoms with Crippen LogP contribution in [0, 0.1) is 11.8 Å². The van der Waals surface area contributed by atoms with Crippen LogP contribution in [0.2, 0.25) is 0 Å². The lowest BCUT2D eigenvalue weighted by Gasteiger charge is -2.61. The molecule has 2 saturated heterocycles. The Bertz CT molecular complexity index is 1390. The fraction of sp³-hybridized carbons (Fsp3) is 0.583. The molecule has 5 fully saturated rings. The molecule has 3 aromatic heterocycles. The van der Waals surface area contributed by atoms with Gasteiger partial charge in [-0.05, 0) is 31.2 Å². The number of hydrogen-bond acceptors (Lipinski definition) is 8. The van der Waals surface area contributed by atoms with E-state index < -0.39 is 36.6 Å². The molecule has 39 heavy (non-hydrogen) atoms. The zero-order valence-corrected chi connectivity index (χ0v) is 20.6. The van der Waals surface area contributed by atoms with Crippen LogP contribution in [0.15, 0.2) is 24.5 Å². The summed E-state index contributed by atoms with van der Waals surface area (Å²) in [6.07, 6.45) is -2.27. The number of aromatic amines is 1. The van der Waals surface area contributed by atoms with Crippen LogP contribution in [0.4, 0.5) is 34.1 Å². The Morgan fingerprint density at radius 3 is 2.79 bits per heavy atom. The van der Waals surface area contributed by atoms with E-state index in [0.29, 0.717) is 41.3 Å². The minimum atomic E-state index is -4.18. The Hall–Kier alpha value is -3.46. The van der Waals surface area contributed by atoms with Gasteiger partial charge in [0.1, 0.15) is 11.8 Å². The van der Waals surface area contributed by atoms with E-state index in [1.54, 1.807) is 33.8 Å². The molecule has 3 aromatic rings. The second-order valence-corrected chi connectivity index (χ2v) is 11.0. The number of alkyl carbamates (subject to hydrolysis) is 1. The first-order valence-corrected chi connectivity index (χ1v) is 12.8. The summed E-state index contributed by atoms with van der Waals surface area (Å²) in [4.78, 5) is 22.7. The molecule has 3 aliphatic carbocycles. The summed E-state index contributed by atoms with van der Waals surface area (Å²) in [7, 11) is 0. The number of aromatic nitrogens is 5. The summed E-state index contributed by atoms with van der Waals surface area (Å²) in [6, 6.07) is 3.26. The fourth-order valence-electron chi connectivity index (χ4n) is 5.89. The normalized spacial score (nSPS) is 30.5. The molecular weight excluding hydrogens is 524 g/mol. The van der Waals surface area contributed by atoms with Crippen LogP contribution in [0.3, 0.4) is 0 Å². The summed E-state index contributed by atoms with van der Waals surface area (Å²) in [5.74, 6) is 0.112. The monoisotopic (exact) mass is 550 g/mol. The Labute approximate surface area is 219 Å². The van der Waals surface area contributed by atoms with Crippen LogP contribution in [-0.4, -0.2) is 79.2 Å². The Morgan fingerprint density at radius 2 is 2.08 bits per heavy atom. The molecular formula is C24H26F4N8O3. The van der Waals surface area contributed by atoms with Gasteiger partial charge in [-0.2, -0.15) is 18.3 Å². The first-order valence-electron chi connectivity index (χ1n) is 12.8. The first kappa shape index (κ1) is 24.6. The fourth-order valence-corrected chi connectivity index (χ4v) is 5.89. The van der Waals surface area contributed by atoms with Crippen molar-refractivity contribution in [3.63, 3.8) is 0 Å². The number of carbonyl (C=O) groups is 1. The molecule has 11 nitrogen and oxygen atoms in total. The molecule has 5 aliphatic rings. The van der Waals surface area contributed by atoms with Gasteiger partial charge in [-0.3, -0.25) is 14.4 Å². The molecule has 15 heteroatoms. The molecule has 1 amide bonds. The van der Waals surface area contributed by atoms with Crippen LogP contribution < -0.4 is 10.6 Å². The largest absolute Gasteiger partial charge is 0.441 e. The second kappa shape index (κ2) is 8.78. The van der Waals surface area contributed by atoms with Crippen LogP contribution in [-0.2, 0) is 16.0 Å². The van der Waals surface area contributed by atoms with Gasteiger partial charge >= 0.3 is 12.3 Å². The van der Waals surface area contributed by atoms with E-state index in [1.165, 1.54) is 0 Å². The lowest BCUT2D eigenvalue weighted by molar-refractivity contribution is -0.210. The average Bonchev–Trinajstić information content (AvgIpc) is 3.51. The Kier molecular flexibility index (Phi) is 5.53. The second-order valence-electron chi connectivity index (χ2n) is 11.0. The maximum Gasteiger partial charge on any atom is 0.408 e. The molecule has 0 radical (unpaired) electrons. The highest BCUT2D eigenvalue weighted by molar-refractivity contribution is 5.69. The number of imidazole rings is 1. The summed E-state index contributed by atoms with van der Waals surface area (Å²) < 4.78 is 66.0. The molecule has 3 saturated carbocycles. The highest BCUT2D eigenvalue weighted by Gasteiger charge is 2.58.